The summed E-state index contributed by atoms with van der Waals surface area (Å²) in [7, 11) is 1.27. The summed E-state index contributed by atoms with van der Waals surface area (Å²) < 4.78 is 33.5. The van der Waals surface area contributed by atoms with Gasteiger partial charge in [0.25, 0.3) is 5.91 Å². The summed E-state index contributed by atoms with van der Waals surface area (Å²) in [5.41, 5.74) is 1.72. The van der Waals surface area contributed by atoms with Gasteiger partial charge >= 0.3 is 5.97 Å². The Morgan fingerprint density at radius 1 is 1.17 bits per heavy atom. The molecular weight excluding hydrogens is 392 g/mol. The largest absolute Gasteiger partial charge is 0.465 e. The van der Waals surface area contributed by atoms with E-state index in [0.717, 1.165) is 11.6 Å². The number of amides is 1. The van der Waals surface area contributed by atoms with Crippen LogP contribution in [0.4, 0.5) is 14.6 Å². The highest BCUT2D eigenvalue weighted by atomic mass is 19.1. The molecule has 0 radical (unpaired) electrons. The Bertz CT molecular complexity index is 1080. The minimum atomic E-state index is -0.679. The van der Waals surface area contributed by atoms with Crippen LogP contribution in [0.3, 0.4) is 0 Å². The Morgan fingerprint density at radius 3 is 2.53 bits per heavy atom. The zero-order valence-electron chi connectivity index (χ0n) is 16.8. The molecule has 0 saturated carbocycles. The molecule has 2 heterocycles. The summed E-state index contributed by atoms with van der Waals surface area (Å²) in [5.74, 6) is -1.92. The molecular formula is C22H21F2N3O3. The van der Waals surface area contributed by atoms with Crippen LogP contribution in [0, 0.1) is 11.6 Å². The van der Waals surface area contributed by atoms with Gasteiger partial charge < -0.3 is 14.6 Å². The van der Waals surface area contributed by atoms with Gasteiger partial charge in [0.2, 0.25) is 0 Å². The topological polar surface area (TPSA) is 73.2 Å². The minimum Gasteiger partial charge on any atom is -0.465 e. The highest BCUT2D eigenvalue weighted by molar-refractivity contribution is 6.03. The molecule has 0 saturated heterocycles. The van der Waals surface area contributed by atoms with Gasteiger partial charge in [0.05, 0.1) is 19.2 Å². The predicted octanol–water partition coefficient (Wildman–Crippen LogP) is 4.37. The van der Waals surface area contributed by atoms with Crippen molar-refractivity contribution >= 4 is 17.7 Å². The lowest BCUT2D eigenvalue weighted by Crippen LogP contribution is -2.18. The number of hydrogen-bond acceptors (Lipinski definition) is 4. The van der Waals surface area contributed by atoms with Gasteiger partial charge in [0, 0.05) is 24.0 Å². The molecule has 1 N–H and O–H groups in total. The number of halogens is 2. The van der Waals surface area contributed by atoms with Crippen molar-refractivity contribution in [3.8, 4) is 0 Å². The molecule has 0 unspecified atom stereocenters. The molecule has 0 aliphatic heterocycles. The van der Waals surface area contributed by atoms with Crippen molar-refractivity contribution in [2.45, 2.75) is 26.3 Å². The molecule has 2 aromatic heterocycles. The van der Waals surface area contributed by atoms with E-state index in [-0.39, 0.29) is 29.4 Å². The minimum absolute atomic E-state index is 0.0658. The molecule has 3 aromatic rings. The quantitative estimate of drug-likeness (QED) is 0.609. The normalized spacial score (nSPS) is 10.9. The third-order valence-electron chi connectivity index (χ3n) is 4.60. The number of pyridine rings is 1. The maximum absolute atomic E-state index is 14.1. The molecule has 1 amide bonds. The van der Waals surface area contributed by atoms with Gasteiger partial charge in [0.1, 0.15) is 23.1 Å². The first-order valence-corrected chi connectivity index (χ1v) is 9.28. The average molecular weight is 413 g/mol. The lowest BCUT2D eigenvalue weighted by Gasteiger charge is -2.10. The number of nitrogens with zero attached hydrogens (tertiary/aromatic N) is 2. The number of nitrogens with one attached hydrogen (secondary N) is 1. The molecule has 30 heavy (non-hydrogen) atoms. The van der Waals surface area contributed by atoms with E-state index in [4.69, 9.17) is 0 Å². The number of esters is 1. The molecule has 0 atom stereocenters. The fourth-order valence-electron chi connectivity index (χ4n) is 2.89. The van der Waals surface area contributed by atoms with E-state index in [9.17, 15) is 18.4 Å². The van der Waals surface area contributed by atoms with E-state index in [1.165, 1.54) is 37.6 Å². The number of hydrogen-bond donors (Lipinski definition) is 1. The van der Waals surface area contributed by atoms with Gasteiger partial charge in [-0.05, 0) is 35.7 Å². The van der Waals surface area contributed by atoms with Crippen LogP contribution >= 0.6 is 0 Å². The second-order valence-electron chi connectivity index (χ2n) is 7.05. The third-order valence-corrected chi connectivity index (χ3v) is 4.60. The van der Waals surface area contributed by atoms with Gasteiger partial charge in [-0.3, -0.25) is 4.79 Å². The van der Waals surface area contributed by atoms with Crippen molar-refractivity contribution in [1.82, 2.24) is 9.55 Å². The molecule has 0 fully saturated rings. The van der Waals surface area contributed by atoms with Crippen molar-refractivity contribution in [2.75, 3.05) is 12.4 Å². The average Bonchev–Trinajstić information content (AvgIpc) is 3.14. The van der Waals surface area contributed by atoms with E-state index < -0.39 is 23.5 Å². The molecule has 3 rings (SSSR count). The summed E-state index contributed by atoms with van der Waals surface area (Å²) in [6.45, 7) is 4.02. The summed E-state index contributed by atoms with van der Waals surface area (Å²) in [6, 6.07) is 8.05. The van der Waals surface area contributed by atoms with Crippen LogP contribution in [0.2, 0.25) is 0 Å². The van der Waals surface area contributed by atoms with Gasteiger partial charge in [-0.2, -0.15) is 0 Å². The summed E-state index contributed by atoms with van der Waals surface area (Å²) in [6.07, 6.45) is 3.07. The zero-order valence-corrected chi connectivity index (χ0v) is 16.8. The first kappa shape index (κ1) is 21.2. The number of ether oxygens (including phenoxy) is 1. The fraction of sp³-hybridized carbons (Fsp3) is 0.227. The van der Waals surface area contributed by atoms with Crippen LogP contribution < -0.4 is 5.32 Å². The highest BCUT2D eigenvalue weighted by Gasteiger charge is 2.18. The molecule has 0 spiro atoms. The Hall–Kier alpha value is -3.55. The Morgan fingerprint density at radius 2 is 1.93 bits per heavy atom. The van der Waals surface area contributed by atoms with Crippen LogP contribution in [0.25, 0.3) is 0 Å². The van der Waals surface area contributed by atoms with Crippen molar-refractivity contribution < 1.29 is 23.1 Å². The molecule has 8 heteroatoms. The molecule has 0 aliphatic carbocycles. The monoisotopic (exact) mass is 413 g/mol. The summed E-state index contributed by atoms with van der Waals surface area (Å²) in [5, 5.41) is 2.67. The number of benzene rings is 1. The number of methoxy groups -OCH3 is 1. The van der Waals surface area contributed by atoms with Crippen LogP contribution in [0.5, 0.6) is 0 Å². The van der Waals surface area contributed by atoms with Crippen LogP contribution in [0.15, 0.2) is 48.8 Å². The van der Waals surface area contributed by atoms with Crippen LogP contribution in [-0.4, -0.2) is 28.5 Å². The molecule has 1 aromatic carbocycles. The Kier molecular flexibility index (Phi) is 6.25. The molecule has 0 bridgehead atoms. The first-order chi connectivity index (χ1) is 14.3. The Balaban J connectivity index is 1.86. The zero-order chi connectivity index (χ0) is 21.8. The second-order valence-corrected chi connectivity index (χ2v) is 7.05. The van der Waals surface area contributed by atoms with E-state index in [0.29, 0.717) is 5.69 Å². The third kappa shape index (κ3) is 4.71. The van der Waals surface area contributed by atoms with E-state index in [1.807, 2.05) is 13.8 Å². The van der Waals surface area contributed by atoms with E-state index in [1.54, 1.807) is 16.8 Å². The number of carbonyl (C=O) groups is 2. The summed E-state index contributed by atoms with van der Waals surface area (Å²) in [4.78, 5) is 28.4. The summed E-state index contributed by atoms with van der Waals surface area (Å²) >= 11 is 0. The van der Waals surface area contributed by atoms with Gasteiger partial charge in [-0.15, -0.1) is 0 Å². The number of aromatic nitrogens is 2. The fourth-order valence-corrected chi connectivity index (χ4v) is 2.89. The smallest absolute Gasteiger partial charge is 0.339 e. The lowest BCUT2D eigenvalue weighted by molar-refractivity contribution is 0.0600. The van der Waals surface area contributed by atoms with Crippen molar-refractivity contribution in [3.05, 3.63) is 82.8 Å². The number of anilines is 1. The SMILES string of the molecule is COC(=O)c1ccc(NC(=O)c2cc(C(C)C)cn2Cc2ccc(F)cc2F)nc1. The maximum atomic E-state index is 14.1. The van der Waals surface area contributed by atoms with Crippen molar-refractivity contribution in [1.29, 1.82) is 0 Å². The van der Waals surface area contributed by atoms with Crippen molar-refractivity contribution in [2.24, 2.45) is 0 Å². The Labute approximate surface area is 172 Å². The first-order valence-electron chi connectivity index (χ1n) is 9.28. The number of rotatable bonds is 6. The maximum Gasteiger partial charge on any atom is 0.339 e. The number of carbonyl (C=O) groups excluding carboxylic acids is 2. The second kappa shape index (κ2) is 8.86. The van der Waals surface area contributed by atoms with E-state index >= 15 is 0 Å². The van der Waals surface area contributed by atoms with E-state index in [2.05, 4.69) is 15.0 Å². The molecule has 156 valence electrons. The lowest BCUT2D eigenvalue weighted by atomic mass is 10.1. The van der Waals surface area contributed by atoms with Crippen LogP contribution in [-0.2, 0) is 11.3 Å². The van der Waals surface area contributed by atoms with Gasteiger partial charge in [-0.25, -0.2) is 18.6 Å². The van der Waals surface area contributed by atoms with Crippen molar-refractivity contribution in [3.63, 3.8) is 0 Å². The predicted molar refractivity (Wildman–Crippen MR) is 108 cm³/mol. The highest BCUT2D eigenvalue weighted by Crippen LogP contribution is 2.21. The standard InChI is InChI=1S/C22H21F2N3O3/c1-13(2)16-8-19(27(12-16)11-15-4-6-17(23)9-18(15)24)21(28)26-20-7-5-14(10-25-20)22(29)30-3/h4-10,12-13H,11H2,1-3H3,(H,25,26,28). The van der Waals surface area contributed by atoms with Gasteiger partial charge in [-0.1, -0.05) is 19.9 Å². The molecule has 6 nitrogen and oxygen atoms in total. The van der Waals surface area contributed by atoms with Crippen LogP contribution in [0.1, 0.15) is 51.7 Å². The molecule has 0 aliphatic rings. The van der Waals surface area contributed by atoms with Gasteiger partial charge in [0.15, 0.2) is 0 Å².